The number of hydrogen-bond acceptors (Lipinski definition) is 11. The molecule has 0 unspecified atom stereocenters. The smallest absolute Gasteiger partial charge is 0.329 e. The number of hydrogen-bond donors (Lipinski definition) is 3. The lowest BCUT2D eigenvalue weighted by Crippen LogP contribution is -2.50. The van der Waals surface area contributed by atoms with Crippen molar-refractivity contribution < 1.29 is 23.9 Å². The summed E-state index contributed by atoms with van der Waals surface area (Å²) < 4.78 is 14.7. The van der Waals surface area contributed by atoms with Crippen LogP contribution in [0.5, 0.6) is 11.5 Å². The van der Waals surface area contributed by atoms with Gasteiger partial charge in [-0.1, -0.05) is 79.1 Å². The number of piperazine rings is 1. The lowest BCUT2D eigenvalue weighted by atomic mass is 10.1. The number of imide groups is 1. The summed E-state index contributed by atoms with van der Waals surface area (Å²) in [7, 11) is 3.48. The molecule has 2 fully saturated rings. The van der Waals surface area contributed by atoms with E-state index in [9.17, 15) is 14.4 Å². The third-order valence-corrected chi connectivity index (χ3v) is 12.5. The van der Waals surface area contributed by atoms with Crippen molar-refractivity contribution in [2.24, 2.45) is 7.05 Å². The minimum absolute atomic E-state index is 0.0474. The van der Waals surface area contributed by atoms with Crippen LogP contribution in [-0.2, 0) is 16.6 Å². The zero-order valence-electron chi connectivity index (χ0n) is 37.1. The Morgan fingerprint density at radius 2 is 1.60 bits per heavy atom. The van der Waals surface area contributed by atoms with Crippen LogP contribution in [0.25, 0.3) is 21.8 Å². The maximum absolute atomic E-state index is 13.2. The van der Waals surface area contributed by atoms with Gasteiger partial charge >= 0.3 is 6.03 Å². The van der Waals surface area contributed by atoms with E-state index in [1.165, 1.54) is 49.8 Å². The van der Waals surface area contributed by atoms with E-state index >= 15 is 0 Å². The number of amides is 4. The Morgan fingerprint density at radius 1 is 0.873 bits per heavy atom. The minimum Gasteiger partial charge on any atom is -0.493 e. The van der Waals surface area contributed by atoms with E-state index in [1.807, 2.05) is 61.3 Å². The zero-order valence-corrected chi connectivity index (χ0v) is 38.6. The number of carbonyl (C=O) groups excluding carboxylic acids is 3. The second-order valence-electron chi connectivity index (χ2n) is 16.6. The van der Waals surface area contributed by atoms with E-state index in [1.54, 1.807) is 11.8 Å². The first-order chi connectivity index (χ1) is 30.6. The second kappa shape index (κ2) is 21.7. The molecular formula is C47H61BrN10O5. The van der Waals surface area contributed by atoms with Crippen molar-refractivity contribution >= 4 is 72.9 Å². The molecular weight excluding hydrogens is 864 g/mol. The van der Waals surface area contributed by atoms with Gasteiger partial charge in [-0.05, 0) is 69.1 Å². The number of urea groups is 1. The molecule has 336 valence electrons. The van der Waals surface area contributed by atoms with Crippen molar-refractivity contribution in [2.75, 3.05) is 75.1 Å². The number of anilines is 3. The number of ether oxygens (including phenoxy) is 2. The molecule has 0 spiro atoms. The molecule has 7 rings (SSSR count). The molecule has 0 aliphatic carbocycles. The number of nitrogens with one attached hydrogen (secondary N) is 3. The third kappa shape index (κ3) is 11.8. The second-order valence-corrected chi connectivity index (χ2v) is 17.5. The molecule has 0 bridgehead atoms. The maximum atomic E-state index is 13.2. The van der Waals surface area contributed by atoms with Crippen LogP contribution in [0.3, 0.4) is 0 Å². The number of unbranched alkanes of at least 4 members (excludes halogenated alkanes) is 8. The van der Waals surface area contributed by atoms with Gasteiger partial charge in [-0.2, -0.15) is 5.10 Å². The Balaban J connectivity index is 0.738. The first kappa shape index (κ1) is 45.5. The van der Waals surface area contributed by atoms with Crippen LogP contribution < -0.4 is 30.3 Å². The summed E-state index contributed by atoms with van der Waals surface area (Å²) in [4.78, 5) is 52.7. The third-order valence-electron chi connectivity index (χ3n) is 12.0. The zero-order chi connectivity index (χ0) is 44.3. The number of para-hydroxylation sites is 1. The molecule has 2 saturated heterocycles. The van der Waals surface area contributed by atoms with Crippen LogP contribution in [0.4, 0.5) is 22.1 Å². The molecule has 2 aromatic heterocycles. The first-order valence-electron chi connectivity index (χ1n) is 22.4. The van der Waals surface area contributed by atoms with E-state index in [-0.39, 0.29) is 37.4 Å². The SMILES string of the molecule is COc1cc2c(N[C@H](C)c3cccc(Br)c3)nc(C)nc2cc1OCCCCCCCCCCCN1CCN(C(=O)CNc2cccc3c(N4CCC(=O)NC4=O)nn(C)c23)CC1. The van der Waals surface area contributed by atoms with Gasteiger partial charge in [-0.15, -0.1) is 0 Å². The molecule has 4 heterocycles. The summed E-state index contributed by atoms with van der Waals surface area (Å²) in [6.45, 7) is 9.43. The van der Waals surface area contributed by atoms with Gasteiger partial charge in [-0.25, -0.2) is 14.8 Å². The Kier molecular flexibility index (Phi) is 15.7. The van der Waals surface area contributed by atoms with Gasteiger partial charge in [0, 0.05) is 67.5 Å². The standard InChI is InChI=1S/C47H61BrN10O5/c1-32(34-16-14-17-35(48)28-34)50-45-37-29-40(62-4)41(30-39(37)51-33(2)52-45)63-27-13-11-9-7-5-6-8-10-12-21-56-23-25-57(26-24-56)43(60)31-49-38-19-15-18-36-44(38)55(3)54-46(36)58-22-20-42(59)53-47(58)61/h14-19,28-30,32,49H,5-13,20-27,31H2,1-4H3,(H,50,51,52)(H,53,59,61)/t32-/m1/s1. The molecule has 2 aliphatic heterocycles. The van der Waals surface area contributed by atoms with E-state index < -0.39 is 6.03 Å². The topological polar surface area (TPSA) is 159 Å². The number of aryl methyl sites for hydroxylation is 2. The molecule has 0 saturated carbocycles. The van der Waals surface area contributed by atoms with Crippen LogP contribution in [-0.4, -0.2) is 107 Å². The Bertz CT molecular complexity index is 2380. The van der Waals surface area contributed by atoms with Crippen molar-refractivity contribution in [3.05, 3.63) is 70.5 Å². The summed E-state index contributed by atoms with van der Waals surface area (Å²) in [6, 6.07) is 17.5. The van der Waals surface area contributed by atoms with Gasteiger partial charge in [0.15, 0.2) is 17.3 Å². The van der Waals surface area contributed by atoms with Gasteiger partial charge in [0.25, 0.3) is 0 Å². The number of aromatic nitrogens is 4. The number of rotatable bonds is 21. The summed E-state index contributed by atoms with van der Waals surface area (Å²) in [5, 5.41) is 15.5. The molecule has 1 atom stereocenters. The van der Waals surface area contributed by atoms with Crippen molar-refractivity contribution in [1.82, 2.24) is 34.9 Å². The van der Waals surface area contributed by atoms with Crippen LogP contribution in [0.1, 0.15) is 88.6 Å². The molecule has 4 amide bonds. The summed E-state index contributed by atoms with van der Waals surface area (Å²) >= 11 is 3.57. The van der Waals surface area contributed by atoms with Gasteiger partial charge in [-0.3, -0.25) is 29.4 Å². The van der Waals surface area contributed by atoms with Crippen LogP contribution in [0.2, 0.25) is 0 Å². The Morgan fingerprint density at radius 3 is 2.33 bits per heavy atom. The number of carbonyl (C=O) groups is 3. The van der Waals surface area contributed by atoms with Crippen molar-refractivity contribution in [3.8, 4) is 11.5 Å². The Hall–Kier alpha value is -5.48. The van der Waals surface area contributed by atoms with Gasteiger partial charge in [0.05, 0.1) is 43.0 Å². The van der Waals surface area contributed by atoms with E-state index in [2.05, 4.69) is 60.9 Å². The average Bonchev–Trinajstić information content (AvgIpc) is 3.61. The first-order valence-corrected chi connectivity index (χ1v) is 23.2. The lowest BCUT2D eigenvalue weighted by molar-refractivity contribution is -0.131. The van der Waals surface area contributed by atoms with Crippen LogP contribution in [0, 0.1) is 6.92 Å². The largest absolute Gasteiger partial charge is 0.493 e. The highest BCUT2D eigenvalue weighted by molar-refractivity contribution is 9.10. The van der Waals surface area contributed by atoms with Gasteiger partial charge < -0.3 is 25.0 Å². The molecule has 3 N–H and O–H groups in total. The summed E-state index contributed by atoms with van der Waals surface area (Å²) in [5.74, 6) is 3.12. The summed E-state index contributed by atoms with van der Waals surface area (Å²) in [6.07, 6.45) is 11.0. The number of methoxy groups -OCH3 is 1. The van der Waals surface area contributed by atoms with E-state index in [4.69, 9.17) is 19.4 Å². The lowest BCUT2D eigenvalue weighted by Gasteiger charge is -2.34. The average molecular weight is 926 g/mol. The molecule has 2 aliphatic rings. The van der Waals surface area contributed by atoms with E-state index in [0.29, 0.717) is 29.7 Å². The molecule has 3 aromatic carbocycles. The highest BCUT2D eigenvalue weighted by atomic mass is 79.9. The highest BCUT2D eigenvalue weighted by Gasteiger charge is 2.29. The fourth-order valence-corrected chi connectivity index (χ4v) is 8.90. The predicted molar refractivity (Wildman–Crippen MR) is 252 cm³/mol. The predicted octanol–water partition coefficient (Wildman–Crippen LogP) is 8.36. The van der Waals surface area contributed by atoms with Crippen molar-refractivity contribution in [1.29, 1.82) is 0 Å². The van der Waals surface area contributed by atoms with Gasteiger partial charge in [0.2, 0.25) is 11.8 Å². The van der Waals surface area contributed by atoms with Crippen molar-refractivity contribution in [3.63, 3.8) is 0 Å². The number of halogens is 1. The highest BCUT2D eigenvalue weighted by Crippen LogP contribution is 2.36. The minimum atomic E-state index is -0.473. The molecule has 0 radical (unpaired) electrons. The normalized spacial score (nSPS) is 15.2. The quantitative estimate of drug-likeness (QED) is 0.0608. The van der Waals surface area contributed by atoms with E-state index in [0.717, 1.165) is 88.9 Å². The summed E-state index contributed by atoms with van der Waals surface area (Å²) in [5.41, 5.74) is 3.55. The Labute approximate surface area is 378 Å². The number of benzene rings is 3. The molecule has 16 heteroatoms. The van der Waals surface area contributed by atoms with Crippen LogP contribution >= 0.6 is 15.9 Å². The number of nitrogens with zero attached hydrogens (tertiary/aromatic N) is 7. The van der Waals surface area contributed by atoms with Crippen molar-refractivity contribution in [2.45, 2.75) is 84.1 Å². The fraction of sp³-hybridized carbons (Fsp3) is 0.489. The van der Waals surface area contributed by atoms with Gasteiger partial charge in [0.1, 0.15) is 11.6 Å². The monoisotopic (exact) mass is 924 g/mol. The number of fused-ring (bicyclic) bond motifs is 2. The fourth-order valence-electron chi connectivity index (χ4n) is 8.49. The van der Waals surface area contributed by atoms with Crippen LogP contribution in [0.15, 0.2) is 59.1 Å². The molecule has 5 aromatic rings. The molecule has 63 heavy (non-hydrogen) atoms. The maximum Gasteiger partial charge on any atom is 0.329 e. The molecule has 15 nitrogen and oxygen atoms in total.